The fourth-order valence-corrected chi connectivity index (χ4v) is 4.33. The van der Waals surface area contributed by atoms with Crippen molar-refractivity contribution >= 4 is 37.8 Å². The van der Waals surface area contributed by atoms with E-state index >= 15 is 0 Å². The SMILES string of the molecule is CCCn1nc(NS(=O)(=O)c2ccc(OC)cc2)c2cc3cccc(C)c3nc21. The van der Waals surface area contributed by atoms with E-state index in [1.54, 1.807) is 16.8 Å². The molecule has 0 bridgehead atoms. The molecule has 8 heteroatoms. The van der Waals surface area contributed by atoms with Gasteiger partial charge in [0.15, 0.2) is 11.5 Å². The summed E-state index contributed by atoms with van der Waals surface area (Å²) >= 11 is 0. The van der Waals surface area contributed by atoms with Crippen LogP contribution in [0.25, 0.3) is 21.9 Å². The van der Waals surface area contributed by atoms with Crippen LogP contribution in [0.5, 0.6) is 5.75 Å². The quantitative estimate of drug-likeness (QED) is 0.517. The highest BCUT2D eigenvalue weighted by molar-refractivity contribution is 7.92. The molecule has 0 aliphatic rings. The zero-order chi connectivity index (χ0) is 20.6. The van der Waals surface area contributed by atoms with Crippen LogP contribution in [0.2, 0.25) is 0 Å². The van der Waals surface area contributed by atoms with E-state index in [1.165, 1.54) is 19.2 Å². The number of nitrogens with one attached hydrogen (secondary N) is 1. The average Bonchev–Trinajstić information content (AvgIpc) is 3.03. The van der Waals surface area contributed by atoms with Gasteiger partial charge in [0.1, 0.15) is 5.75 Å². The molecule has 0 amide bonds. The number of hydrogen-bond donors (Lipinski definition) is 1. The van der Waals surface area contributed by atoms with Gasteiger partial charge in [0, 0.05) is 11.9 Å². The first-order valence-electron chi connectivity index (χ1n) is 9.36. The Morgan fingerprint density at radius 1 is 1.14 bits per heavy atom. The molecule has 0 unspecified atom stereocenters. The van der Waals surface area contributed by atoms with Gasteiger partial charge in [0.05, 0.1) is 22.9 Å². The van der Waals surface area contributed by atoms with Gasteiger partial charge in [0.25, 0.3) is 10.0 Å². The zero-order valence-electron chi connectivity index (χ0n) is 16.5. The molecule has 0 atom stereocenters. The Bertz CT molecular complexity index is 1300. The van der Waals surface area contributed by atoms with Gasteiger partial charge < -0.3 is 4.74 Å². The Labute approximate surface area is 169 Å². The lowest BCUT2D eigenvalue weighted by atomic mass is 10.1. The van der Waals surface area contributed by atoms with Crippen molar-refractivity contribution < 1.29 is 13.2 Å². The summed E-state index contributed by atoms with van der Waals surface area (Å²) < 4.78 is 35.3. The summed E-state index contributed by atoms with van der Waals surface area (Å²) in [5.41, 5.74) is 2.62. The first-order chi connectivity index (χ1) is 13.9. The molecule has 7 nitrogen and oxygen atoms in total. The molecule has 1 N–H and O–H groups in total. The monoisotopic (exact) mass is 410 g/mol. The second kappa shape index (κ2) is 7.36. The third kappa shape index (κ3) is 3.51. The molecule has 0 saturated carbocycles. The lowest BCUT2D eigenvalue weighted by molar-refractivity contribution is 0.414. The molecule has 4 rings (SSSR count). The number of aryl methyl sites for hydroxylation is 2. The number of anilines is 1. The number of nitrogens with zero attached hydrogens (tertiary/aromatic N) is 3. The molecule has 0 fully saturated rings. The van der Waals surface area contributed by atoms with Crippen molar-refractivity contribution in [2.75, 3.05) is 11.8 Å². The molecule has 0 saturated heterocycles. The Morgan fingerprint density at radius 3 is 2.59 bits per heavy atom. The van der Waals surface area contributed by atoms with Gasteiger partial charge in [0.2, 0.25) is 0 Å². The number of aromatic nitrogens is 3. The van der Waals surface area contributed by atoms with Gasteiger partial charge in [-0.25, -0.2) is 18.1 Å². The van der Waals surface area contributed by atoms with E-state index in [9.17, 15) is 8.42 Å². The molecular formula is C21H22N4O3S. The van der Waals surface area contributed by atoms with Gasteiger partial charge >= 0.3 is 0 Å². The topological polar surface area (TPSA) is 86.1 Å². The summed E-state index contributed by atoms with van der Waals surface area (Å²) in [4.78, 5) is 4.93. The van der Waals surface area contributed by atoms with Crippen LogP contribution in [0.1, 0.15) is 18.9 Å². The number of para-hydroxylation sites is 1. The van der Waals surface area contributed by atoms with E-state index in [-0.39, 0.29) is 10.7 Å². The first kappa shape index (κ1) is 19.2. The maximum atomic E-state index is 12.9. The van der Waals surface area contributed by atoms with Crippen molar-refractivity contribution in [3.8, 4) is 5.75 Å². The molecule has 2 heterocycles. The second-order valence-electron chi connectivity index (χ2n) is 6.86. The van der Waals surface area contributed by atoms with Crippen LogP contribution in [0.4, 0.5) is 5.82 Å². The van der Waals surface area contributed by atoms with Crippen LogP contribution in [0.3, 0.4) is 0 Å². The lowest BCUT2D eigenvalue weighted by Gasteiger charge is -2.07. The number of methoxy groups -OCH3 is 1. The number of fused-ring (bicyclic) bond motifs is 2. The summed E-state index contributed by atoms with van der Waals surface area (Å²) in [5, 5.41) is 6.13. The first-order valence-corrected chi connectivity index (χ1v) is 10.8. The standard InChI is InChI=1S/C21H22N4O3S/c1-4-12-25-21-18(13-15-7-5-6-14(2)19(15)22-21)20(23-25)24-29(26,27)17-10-8-16(28-3)9-11-17/h5-11,13H,4,12H2,1-3H3,(H,23,24). The van der Waals surface area contributed by atoms with Crippen molar-refractivity contribution in [2.24, 2.45) is 0 Å². The Hall–Kier alpha value is -3.13. The van der Waals surface area contributed by atoms with E-state index in [0.29, 0.717) is 23.3 Å². The van der Waals surface area contributed by atoms with Crippen LogP contribution < -0.4 is 9.46 Å². The van der Waals surface area contributed by atoms with Crippen LogP contribution >= 0.6 is 0 Å². The highest BCUT2D eigenvalue weighted by atomic mass is 32.2. The van der Waals surface area contributed by atoms with E-state index in [2.05, 4.69) is 9.82 Å². The number of rotatable bonds is 6. The normalized spacial score (nSPS) is 11.8. The fourth-order valence-electron chi connectivity index (χ4n) is 3.31. The maximum Gasteiger partial charge on any atom is 0.263 e. The minimum atomic E-state index is -3.80. The maximum absolute atomic E-state index is 12.9. The number of sulfonamides is 1. The summed E-state index contributed by atoms with van der Waals surface area (Å²) in [6.07, 6.45) is 0.856. The van der Waals surface area contributed by atoms with Crippen molar-refractivity contribution in [1.29, 1.82) is 0 Å². The zero-order valence-corrected chi connectivity index (χ0v) is 17.3. The van der Waals surface area contributed by atoms with E-state index in [0.717, 1.165) is 22.9 Å². The molecule has 0 aliphatic carbocycles. The smallest absolute Gasteiger partial charge is 0.263 e. The number of hydrogen-bond acceptors (Lipinski definition) is 5. The van der Waals surface area contributed by atoms with E-state index in [4.69, 9.17) is 9.72 Å². The van der Waals surface area contributed by atoms with Crippen LogP contribution in [0.15, 0.2) is 53.4 Å². The third-order valence-electron chi connectivity index (χ3n) is 4.78. The van der Waals surface area contributed by atoms with E-state index in [1.807, 2.05) is 38.1 Å². The summed E-state index contributed by atoms with van der Waals surface area (Å²) in [6, 6.07) is 14.1. The second-order valence-corrected chi connectivity index (χ2v) is 8.54. The van der Waals surface area contributed by atoms with Crippen LogP contribution in [-0.4, -0.2) is 30.3 Å². The molecule has 0 spiro atoms. The van der Waals surface area contributed by atoms with Gasteiger partial charge in [-0.15, -0.1) is 0 Å². The molecule has 0 aliphatic heterocycles. The number of ether oxygens (including phenoxy) is 1. The van der Waals surface area contributed by atoms with Crippen molar-refractivity contribution in [3.05, 3.63) is 54.1 Å². The highest BCUT2D eigenvalue weighted by Crippen LogP contribution is 2.29. The van der Waals surface area contributed by atoms with Crippen LogP contribution in [-0.2, 0) is 16.6 Å². The Balaban J connectivity index is 1.84. The lowest BCUT2D eigenvalue weighted by Crippen LogP contribution is -2.14. The average molecular weight is 410 g/mol. The van der Waals surface area contributed by atoms with Crippen LogP contribution in [0, 0.1) is 6.92 Å². The third-order valence-corrected chi connectivity index (χ3v) is 6.14. The minimum absolute atomic E-state index is 0.140. The number of pyridine rings is 1. The Kier molecular flexibility index (Phi) is 4.87. The number of benzene rings is 2. The molecule has 4 aromatic rings. The van der Waals surface area contributed by atoms with Crippen molar-refractivity contribution in [1.82, 2.24) is 14.8 Å². The van der Waals surface area contributed by atoms with E-state index < -0.39 is 10.0 Å². The summed E-state index contributed by atoms with van der Waals surface area (Å²) in [5.74, 6) is 0.868. The Morgan fingerprint density at radius 2 is 1.90 bits per heavy atom. The summed E-state index contributed by atoms with van der Waals surface area (Å²) in [7, 11) is -2.27. The molecular weight excluding hydrogens is 388 g/mol. The van der Waals surface area contributed by atoms with Crippen molar-refractivity contribution in [2.45, 2.75) is 31.7 Å². The van der Waals surface area contributed by atoms with Crippen molar-refractivity contribution in [3.63, 3.8) is 0 Å². The molecule has 150 valence electrons. The predicted octanol–water partition coefficient (Wildman–Crippen LogP) is 4.11. The molecule has 2 aromatic carbocycles. The van der Waals surface area contributed by atoms with Gasteiger partial charge in [-0.2, -0.15) is 5.10 Å². The highest BCUT2D eigenvalue weighted by Gasteiger charge is 2.20. The van der Waals surface area contributed by atoms with Gasteiger partial charge in [-0.3, -0.25) is 4.72 Å². The molecule has 2 aromatic heterocycles. The largest absolute Gasteiger partial charge is 0.497 e. The molecule has 0 radical (unpaired) electrons. The molecule has 29 heavy (non-hydrogen) atoms. The van der Waals surface area contributed by atoms with Gasteiger partial charge in [-0.05, 0) is 49.2 Å². The minimum Gasteiger partial charge on any atom is -0.497 e. The fraction of sp³-hybridized carbons (Fsp3) is 0.238. The van der Waals surface area contributed by atoms with Gasteiger partial charge in [-0.1, -0.05) is 25.1 Å². The summed E-state index contributed by atoms with van der Waals surface area (Å²) in [6.45, 7) is 4.70. The predicted molar refractivity (Wildman–Crippen MR) is 114 cm³/mol.